The lowest BCUT2D eigenvalue weighted by atomic mass is 10.2. The third-order valence-corrected chi connectivity index (χ3v) is 3.26. The zero-order chi connectivity index (χ0) is 17.4. The number of methoxy groups -OCH3 is 2. The summed E-state index contributed by atoms with van der Waals surface area (Å²) in [6.45, 7) is 1.83. The molecule has 0 bridgehead atoms. The highest BCUT2D eigenvalue weighted by molar-refractivity contribution is 5.92. The molecule has 0 saturated heterocycles. The summed E-state index contributed by atoms with van der Waals surface area (Å²) in [7, 11) is 3.14. The second kappa shape index (κ2) is 8.62. The Hall–Kier alpha value is -2.95. The van der Waals surface area contributed by atoms with Gasteiger partial charge in [0.25, 0.3) is 5.91 Å². The number of ether oxygens (including phenoxy) is 3. The molecule has 24 heavy (non-hydrogen) atoms. The normalized spacial score (nSPS) is 10.5. The Morgan fingerprint density at radius 2 is 1.92 bits per heavy atom. The van der Waals surface area contributed by atoms with Crippen LogP contribution in [-0.4, -0.2) is 26.7 Å². The maximum Gasteiger partial charge on any atom is 0.262 e. The number of rotatable bonds is 7. The molecule has 0 fully saturated rings. The van der Waals surface area contributed by atoms with E-state index in [0.717, 1.165) is 5.56 Å². The van der Waals surface area contributed by atoms with Crippen LogP contribution in [0.5, 0.6) is 17.2 Å². The Morgan fingerprint density at radius 3 is 2.62 bits per heavy atom. The quantitative estimate of drug-likeness (QED) is 0.841. The highest BCUT2D eigenvalue weighted by Crippen LogP contribution is 2.28. The van der Waals surface area contributed by atoms with Crippen molar-refractivity contribution in [2.24, 2.45) is 0 Å². The second-order valence-corrected chi connectivity index (χ2v) is 4.98. The lowest BCUT2D eigenvalue weighted by Crippen LogP contribution is -2.20. The molecule has 2 aromatic rings. The number of allylic oxidation sites excluding steroid dienone is 1. The van der Waals surface area contributed by atoms with Crippen LogP contribution in [0.15, 0.2) is 48.5 Å². The molecule has 0 heterocycles. The van der Waals surface area contributed by atoms with Gasteiger partial charge < -0.3 is 19.5 Å². The predicted molar refractivity (Wildman–Crippen MR) is 94.8 cm³/mol. The van der Waals surface area contributed by atoms with E-state index in [1.165, 1.54) is 0 Å². The molecule has 0 spiro atoms. The monoisotopic (exact) mass is 327 g/mol. The molecule has 0 aliphatic carbocycles. The number of carbonyl (C=O) groups excluding carboxylic acids is 1. The van der Waals surface area contributed by atoms with Gasteiger partial charge >= 0.3 is 0 Å². The van der Waals surface area contributed by atoms with Crippen LogP contribution in [0.4, 0.5) is 5.69 Å². The minimum Gasteiger partial charge on any atom is -0.497 e. The third-order valence-electron chi connectivity index (χ3n) is 3.26. The fourth-order valence-corrected chi connectivity index (χ4v) is 2.14. The van der Waals surface area contributed by atoms with Gasteiger partial charge in [0.05, 0.1) is 14.2 Å². The van der Waals surface area contributed by atoms with Gasteiger partial charge in [-0.3, -0.25) is 4.79 Å². The van der Waals surface area contributed by atoms with Crippen molar-refractivity contribution in [2.75, 3.05) is 26.1 Å². The fraction of sp³-hybridized carbons (Fsp3) is 0.211. The summed E-state index contributed by atoms with van der Waals surface area (Å²) in [5.74, 6) is 1.52. The fourth-order valence-electron chi connectivity index (χ4n) is 2.14. The predicted octanol–water partition coefficient (Wildman–Crippen LogP) is 3.75. The van der Waals surface area contributed by atoms with E-state index in [1.54, 1.807) is 38.5 Å². The van der Waals surface area contributed by atoms with Crippen LogP contribution in [0.3, 0.4) is 0 Å². The van der Waals surface area contributed by atoms with Crippen LogP contribution in [-0.2, 0) is 4.79 Å². The van der Waals surface area contributed by atoms with Crippen molar-refractivity contribution in [2.45, 2.75) is 6.92 Å². The van der Waals surface area contributed by atoms with E-state index in [9.17, 15) is 4.79 Å². The average Bonchev–Trinajstić information content (AvgIpc) is 2.61. The van der Waals surface area contributed by atoms with Crippen LogP contribution in [0.25, 0.3) is 6.08 Å². The Labute approximate surface area is 141 Å². The summed E-state index contributed by atoms with van der Waals surface area (Å²) in [6.07, 6.45) is 3.90. The van der Waals surface area contributed by atoms with Gasteiger partial charge in [-0.15, -0.1) is 0 Å². The van der Waals surface area contributed by atoms with E-state index in [-0.39, 0.29) is 12.5 Å². The largest absolute Gasteiger partial charge is 0.497 e. The van der Waals surface area contributed by atoms with Crippen LogP contribution < -0.4 is 19.5 Å². The van der Waals surface area contributed by atoms with Crippen molar-refractivity contribution in [3.05, 3.63) is 54.1 Å². The number of hydrogen-bond donors (Lipinski definition) is 1. The molecule has 1 amide bonds. The summed E-state index contributed by atoms with van der Waals surface area (Å²) < 4.78 is 16.0. The van der Waals surface area contributed by atoms with Crippen LogP contribution in [0.2, 0.25) is 0 Å². The van der Waals surface area contributed by atoms with Crippen molar-refractivity contribution in [1.82, 2.24) is 0 Å². The number of benzene rings is 2. The molecule has 2 rings (SSSR count). The first-order valence-electron chi connectivity index (χ1n) is 7.53. The van der Waals surface area contributed by atoms with Gasteiger partial charge in [-0.05, 0) is 36.8 Å². The van der Waals surface area contributed by atoms with E-state index in [4.69, 9.17) is 14.2 Å². The minimum absolute atomic E-state index is 0.115. The summed E-state index contributed by atoms with van der Waals surface area (Å²) in [5, 5.41) is 2.76. The Balaban J connectivity index is 1.98. The summed E-state index contributed by atoms with van der Waals surface area (Å²) >= 11 is 0. The van der Waals surface area contributed by atoms with Crippen LogP contribution in [0.1, 0.15) is 12.5 Å². The number of amides is 1. The molecule has 0 aliphatic heterocycles. The number of nitrogens with one attached hydrogen (secondary N) is 1. The zero-order valence-corrected chi connectivity index (χ0v) is 14.0. The van der Waals surface area contributed by atoms with Gasteiger partial charge in [0.1, 0.15) is 5.75 Å². The van der Waals surface area contributed by atoms with Gasteiger partial charge in [-0.1, -0.05) is 24.3 Å². The molecule has 0 saturated carbocycles. The zero-order valence-electron chi connectivity index (χ0n) is 14.0. The van der Waals surface area contributed by atoms with E-state index in [2.05, 4.69) is 5.32 Å². The minimum atomic E-state index is -0.261. The molecule has 126 valence electrons. The molecule has 0 radical (unpaired) electrons. The number of carbonyl (C=O) groups is 1. The topological polar surface area (TPSA) is 56.8 Å². The van der Waals surface area contributed by atoms with E-state index in [1.807, 2.05) is 37.3 Å². The molecule has 0 atom stereocenters. The van der Waals surface area contributed by atoms with Gasteiger partial charge in [0.2, 0.25) is 0 Å². The second-order valence-electron chi connectivity index (χ2n) is 4.98. The van der Waals surface area contributed by atoms with Gasteiger partial charge in [-0.2, -0.15) is 0 Å². The van der Waals surface area contributed by atoms with Crippen molar-refractivity contribution in [3.63, 3.8) is 0 Å². The molecule has 2 aromatic carbocycles. The van der Waals surface area contributed by atoms with Crippen molar-refractivity contribution in [1.29, 1.82) is 0 Å². The van der Waals surface area contributed by atoms with E-state index >= 15 is 0 Å². The molecular weight excluding hydrogens is 306 g/mol. The van der Waals surface area contributed by atoms with E-state index < -0.39 is 0 Å². The molecule has 0 aromatic heterocycles. The highest BCUT2D eigenvalue weighted by atomic mass is 16.5. The van der Waals surface area contributed by atoms with Crippen LogP contribution in [0, 0.1) is 0 Å². The smallest absolute Gasteiger partial charge is 0.262 e. The SMILES string of the molecule is C/C=C/c1ccc(OCC(=O)Nc2cccc(OC)c2)c(OC)c1. The van der Waals surface area contributed by atoms with Crippen LogP contribution >= 0.6 is 0 Å². The first kappa shape index (κ1) is 17.4. The highest BCUT2D eigenvalue weighted by Gasteiger charge is 2.09. The molecular formula is C19H21NO4. The molecule has 1 N–H and O–H groups in total. The summed E-state index contributed by atoms with van der Waals surface area (Å²) in [5.41, 5.74) is 1.65. The lowest BCUT2D eigenvalue weighted by Gasteiger charge is -2.12. The van der Waals surface area contributed by atoms with Crippen molar-refractivity contribution < 1.29 is 19.0 Å². The molecule has 5 heteroatoms. The Bertz CT molecular complexity index is 725. The van der Waals surface area contributed by atoms with Gasteiger partial charge in [0, 0.05) is 11.8 Å². The summed E-state index contributed by atoms with van der Waals surface area (Å²) in [6, 6.07) is 12.7. The Kier molecular flexibility index (Phi) is 6.25. The lowest BCUT2D eigenvalue weighted by molar-refractivity contribution is -0.118. The Morgan fingerprint density at radius 1 is 1.08 bits per heavy atom. The third kappa shape index (κ3) is 4.78. The van der Waals surface area contributed by atoms with Gasteiger partial charge in [0.15, 0.2) is 18.1 Å². The first-order chi connectivity index (χ1) is 11.7. The maximum absolute atomic E-state index is 12.0. The van der Waals surface area contributed by atoms with Crippen molar-refractivity contribution in [3.8, 4) is 17.2 Å². The first-order valence-corrected chi connectivity index (χ1v) is 7.53. The number of hydrogen-bond acceptors (Lipinski definition) is 4. The molecule has 5 nitrogen and oxygen atoms in total. The molecule has 0 unspecified atom stereocenters. The summed E-state index contributed by atoms with van der Waals surface area (Å²) in [4.78, 5) is 12.0. The number of anilines is 1. The standard InChI is InChI=1S/C19H21NO4/c1-4-6-14-9-10-17(18(11-14)23-3)24-13-19(21)20-15-7-5-8-16(12-15)22-2/h4-12H,13H2,1-3H3,(H,20,21)/b6-4+. The van der Waals surface area contributed by atoms with Crippen molar-refractivity contribution >= 4 is 17.7 Å². The molecule has 0 aliphatic rings. The van der Waals surface area contributed by atoms with E-state index in [0.29, 0.717) is 22.9 Å². The average molecular weight is 327 g/mol. The maximum atomic E-state index is 12.0. The van der Waals surface area contributed by atoms with Gasteiger partial charge in [-0.25, -0.2) is 0 Å².